The quantitative estimate of drug-likeness (QED) is 0.595. The zero-order valence-electron chi connectivity index (χ0n) is 14.0. The van der Waals surface area contributed by atoms with Crippen molar-refractivity contribution in [3.05, 3.63) is 63.2 Å². The predicted octanol–water partition coefficient (Wildman–Crippen LogP) is 2.96. The van der Waals surface area contributed by atoms with Crippen molar-refractivity contribution in [2.45, 2.75) is 6.92 Å². The third-order valence-corrected chi connectivity index (χ3v) is 4.94. The second-order valence-corrected chi connectivity index (χ2v) is 7.85. The molecule has 2 rings (SSSR count). The Labute approximate surface area is 155 Å². The number of nitrogens with zero attached hydrogens (tertiary/aromatic N) is 2. The summed E-state index contributed by atoms with van der Waals surface area (Å²) in [6.07, 6.45) is 0.972. The lowest BCUT2D eigenvalue weighted by molar-refractivity contribution is -0.385. The summed E-state index contributed by atoms with van der Waals surface area (Å²) in [5.41, 5.74) is 0.617. The molecule has 2 aromatic rings. The first-order chi connectivity index (χ1) is 12.1. The van der Waals surface area contributed by atoms with E-state index in [2.05, 4.69) is 5.32 Å². The molecule has 8 nitrogen and oxygen atoms in total. The Kier molecular flexibility index (Phi) is 5.83. The number of nitro benzene ring substituents is 1. The first-order valence-corrected chi connectivity index (χ1v) is 9.59. The molecule has 2 aromatic carbocycles. The van der Waals surface area contributed by atoms with Gasteiger partial charge in [-0.25, -0.2) is 8.42 Å². The molecule has 0 fully saturated rings. The Morgan fingerprint density at radius 3 is 2.50 bits per heavy atom. The highest BCUT2D eigenvalue weighted by Gasteiger charge is 2.22. The molecular weight excluding hydrogens is 382 g/mol. The summed E-state index contributed by atoms with van der Waals surface area (Å²) in [4.78, 5) is 22.8. The molecule has 0 aliphatic carbocycles. The van der Waals surface area contributed by atoms with Crippen molar-refractivity contribution >= 4 is 44.6 Å². The second kappa shape index (κ2) is 7.71. The van der Waals surface area contributed by atoms with Gasteiger partial charge >= 0.3 is 0 Å². The van der Waals surface area contributed by atoms with Crippen LogP contribution in [0.15, 0.2) is 42.5 Å². The zero-order chi connectivity index (χ0) is 19.5. The van der Waals surface area contributed by atoms with E-state index in [1.54, 1.807) is 12.1 Å². The van der Waals surface area contributed by atoms with Crippen LogP contribution in [-0.2, 0) is 14.8 Å². The van der Waals surface area contributed by atoms with E-state index in [0.717, 1.165) is 10.6 Å². The van der Waals surface area contributed by atoms with E-state index in [4.69, 9.17) is 11.6 Å². The molecule has 0 atom stereocenters. The molecule has 0 saturated heterocycles. The summed E-state index contributed by atoms with van der Waals surface area (Å²) in [6.45, 7) is 1.00. The number of hydrogen-bond acceptors (Lipinski definition) is 5. The third-order valence-electron chi connectivity index (χ3n) is 3.56. The minimum Gasteiger partial charge on any atom is -0.324 e. The van der Waals surface area contributed by atoms with Crippen LogP contribution in [0.5, 0.6) is 0 Å². The van der Waals surface area contributed by atoms with Gasteiger partial charge in [0.25, 0.3) is 5.69 Å². The van der Waals surface area contributed by atoms with E-state index in [-0.39, 0.29) is 22.6 Å². The fourth-order valence-electron chi connectivity index (χ4n) is 2.31. The highest BCUT2D eigenvalue weighted by atomic mass is 35.5. The van der Waals surface area contributed by atoms with Gasteiger partial charge in [-0.05, 0) is 31.2 Å². The molecular formula is C16H16ClN3O5S. The van der Waals surface area contributed by atoms with Gasteiger partial charge in [-0.2, -0.15) is 0 Å². The summed E-state index contributed by atoms with van der Waals surface area (Å²) in [5, 5.41) is 13.8. The minimum atomic E-state index is -3.75. The Bertz CT molecular complexity index is 962. The van der Waals surface area contributed by atoms with E-state index in [9.17, 15) is 23.3 Å². The standard InChI is InChI=1S/C16H16ClN3O5S/c1-11-14(7-4-8-15(11)20(22)23)18-16(21)10-19(26(2,24)25)13-6-3-5-12(17)9-13/h3-9H,10H2,1-2H3,(H,18,21). The van der Waals surface area contributed by atoms with Crippen LogP contribution in [0.2, 0.25) is 5.02 Å². The molecule has 138 valence electrons. The minimum absolute atomic E-state index is 0.141. The van der Waals surface area contributed by atoms with Crippen molar-refractivity contribution < 1.29 is 18.1 Å². The van der Waals surface area contributed by atoms with Crippen LogP contribution >= 0.6 is 11.6 Å². The van der Waals surface area contributed by atoms with Gasteiger partial charge in [0, 0.05) is 11.1 Å². The Hall–Kier alpha value is -2.65. The number of benzene rings is 2. The third kappa shape index (κ3) is 4.70. The average Bonchev–Trinajstić information content (AvgIpc) is 2.53. The highest BCUT2D eigenvalue weighted by molar-refractivity contribution is 7.92. The molecule has 0 radical (unpaired) electrons. The normalized spacial score (nSPS) is 11.0. The first kappa shape index (κ1) is 19.7. The maximum Gasteiger partial charge on any atom is 0.274 e. The lowest BCUT2D eigenvalue weighted by Crippen LogP contribution is -2.37. The van der Waals surface area contributed by atoms with Crippen LogP contribution < -0.4 is 9.62 Å². The number of hydrogen-bond donors (Lipinski definition) is 1. The van der Waals surface area contributed by atoms with Gasteiger partial charge in [0.05, 0.1) is 28.1 Å². The first-order valence-electron chi connectivity index (χ1n) is 7.36. The Balaban J connectivity index is 2.27. The molecule has 0 aliphatic rings. The maximum absolute atomic E-state index is 12.3. The number of anilines is 2. The number of sulfonamides is 1. The molecule has 10 heteroatoms. The smallest absolute Gasteiger partial charge is 0.274 e. The molecule has 26 heavy (non-hydrogen) atoms. The molecule has 1 N–H and O–H groups in total. The number of nitrogens with one attached hydrogen (secondary N) is 1. The van der Waals surface area contributed by atoms with E-state index in [1.165, 1.54) is 37.3 Å². The molecule has 0 aliphatic heterocycles. The lowest BCUT2D eigenvalue weighted by atomic mass is 10.1. The summed E-state index contributed by atoms with van der Waals surface area (Å²) >= 11 is 5.89. The summed E-state index contributed by atoms with van der Waals surface area (Å²) < 4.78 is 25.0. The number of amides is 1. The van der Waals surface area contributed by atoms with Gasteiger partial charge in [-0.3, -0.25) is 19.2 Å². The van der Waals surface area contributed by atoms with E-state index < -0.39 is 27.4 Å². The van der Waals surface area contributed by atoms with Crippen molar-refractivity contribution in [2.24, 2.45) is 0 Å². The topological polar surface area (TPSA) is 110 Å². The van der Waals surface area contributed by atoms with Crippen LogP contribution in [0.4, 0.5) is 17.1 Å². The van der Waals surface area contributed by atoms with Crippen molar-refractivity contribution in [1.29, 1.82) is 0 Å². The van der Waals surface area contributed by atoms with E-state index in [1.807, 2.05) is 0 Å². The van der Waals surface area contributed by atoms with Gasteiger partial charge in [-0.1, -0.05) is 23.7 Å². The second-order valence-electron chi connectivity index (χ2n) is 5.50. The number of carbonyl (C=O) groups excluding carboxylic acids is 1. The van der Waals surface area contributed by atoms with E-state index in [0.29, 0.717) is 5.02 Å². The summed E-state index contributed by atoms with van der Waals surface area (Å²) in [7, 11) is -3.75. The zero-order valence-corrected chi connectivity index (χ0v) is 15.5. The lowest BCUT2D eigenvalue weighted by Gasteiger charge is -2.22. The van der Waals surface area contributed by atoms with Crippen molar-refractivity contribution in [3.8, 4) is 0 Å². The van der Waals surface area contributed by atoms with Crippen molar-refractivity contribution in [2.75, 3.05) is 22.4 Å². The maximum atomic E-state index is 12.3. The summed E-state index contributed by atoms with van der Waals surface area (Å²) in [6, 6.07) is 10.3. The average molecular weight is 398 g/mol. The van der Waals surface area contributed by atoms with E-state index >= 15 is 0 Å². The fraction of sp³-hybridized carbons (Fsp3) is 0.188. The fourth-order valence-corrected chi connectivity index (χ4v) is 3.34. The van der Waals surface area contributed by atoms with Crippen LogP contribution in [0.1, 0.15) is 5.56 Å². The van der Waals surface area contributed by atoms with Crippen LogP contribution in [0.25, 0.3) is 0 Å². The summed E-state index contributed by atoms with van der Waals surface area (Å²) in [5.74, 6) is -0.640. The molecule has 0 bridgehead atoms. The molecule has 0 aromatic heterocycles. The highest BCUT2D eigenvalue weighted by Crippen LogP contribution is 2.26. The molecule has 1 amide bonds. The van der Waals surface area contributed by atoms with Gasteiger partial charge in [0.15, 0.2) is 0 Å². The van der Waals surface area contributed by atoms with Gasteiger partial charge in [-0.15, -0.1) is 0 Å². The molecule has 0 saturated carbocycles. The number of carbonyl (C=O) groups is 1. The van der Waals surface area contributed by atoms with Gasteiger partial charge in [0.1, 0.15) is 6.54 Å². The largest absolute Gasteiger partial charge is 0.324 e. The number of halogens is 1. The van der Waals surface area contributed by atoms with Gasteiger partial charge in [0.2, 0.25) is 15.9 Å². The van der Waals surface area contributed by atoms with Crippen LogP contribution in [0, 0.1) is 17.0 Å². The van der Waals surface area contributed by atoms with Crippen LogP contribution in [0.3, 0.4) is 0 Å². The Morgan fingerprint density at radius 1 is 1.27 bits per heavy atom. The van der Waals surface area contributed by atoms with Crippen LogP contribution in [-0.4, -0.2) is 32.0 Å². The molecule has 0 spiro atoms. The Morgan fingerprint density at radius 2 is 1.92 bits per heavy atom. The van der Waals surface area contributed by atoms with Gasteiger partial charge < -0.3 is 5.32 Å². The molecule has 0 unspecified atom stereocenters. The van der Waals surface area contributed by atoms with Crippen molar-refractivity contribution in [1.82, 2.24) is 0 Å². The van der Waals surface area contributed by atoms with Crippen molar-refractivity contribution in [3.63, 3.8) is 0 Å². The molecule has 0 heterocycles. The monoisotopic (exact) mass is 397 g/mol. The predicted molar refractivity (Wildman–Crippen MR) is 100 cm³/mol. The SMILES string of the molecule is Cc1c(NC(=O)CN(c2cccc(Cl)c2)S(C)(=O)=O)cccc1[N+](=O)[O-]. The number of rotatable bonds is 6. The number of nitro groups is 1.